The lowest BCUT2D eigenvalue weighted by Crippen LogP contribution is -2.54. The second-order valence-corrected chi connectivity index (χ2v) is 10.7. The first-order valence-electron chi connectivity index (χ1n) is 13.0. The number of carbonyl (C=O) groups is 4. The Morgan fingerprint density at radius 1 is 1.07 bits per heavy atom. The van der Waals surface area contributed by atoms with Gasteiger partial charge in [-0.3, -0.25) is 23.9 Å². The predicted octanol–water partition coefficient (Wildman–Crippen LogP) is 2.85. The lowest BCUT2D eigenvalue weighted by atomic mass is 10.0. The van der Waals surface area contributed by atoms with Gasteiger partial charge in [0.25, 0.3) is 5.91 Å². The highest BCUT2D eigenvalue weighted by molar-refractivity contribution is 9.10. The second kappa shape index (κ2) is 11.7. The highest BCUT2D eigenvalue weighted by atomic mass is 79.9. The number of carbonyl (C=O) groups excluding carboxylic acids is 4. The lowest BCUT2D eigenvalue weighted by molar-refractivity contribution is -0.138. The van der Waals surface area contributed by atoms with Gasteiger partial charge in [-0.2, -0.15) is 5.10 Å². The first kappa shape index (κ1) is 28.9. The molecular weight excluding hydrogens is 611 g/mol. The lowest BCUT2D eigenvalue weighted by Gasteiger charge is -2.27. The summed E-state index contributed by atoms with van der Waals surface area (Å²) in [7, 11) is 0. The van der Waals surface area contributed by atoms with Crippen LogP contribution in [0.4, 0.5) is 10.2 Å². The molecule has 5 rings (SSSR count). The maximum atomic E-state index is 15.2. The number of fused-ring (bicyclic) bond motifs is 1. The molecule has 4 aromatic rings. The van der Waals surface area contributed by atoms with Crippen LogP contribution in [-0.4, -0.2) is 77.9 Å². The van der Waals surface area contributed by atoms with E-state index < -0.39 is 42.5 Å². The van der Waals surface area contributed by atoms with Crippen molar-refractivity contribution < 1.29 is 23.6 Å². The van der Waals surface area contributed by atoms with Gasteiger partial charge in [-0.25, -0.2) is 19.3 Å². The summed E-state index contributed by atoms with van der Waals surface area (Å²) in [4.78, 5) is 65.0. The summed E-state index contributed by atoms with van der Waals surface area (Å²) < 4.78 is 17.0. The molecule has 1 aliphatic rings. The molecule has 0 radical (unpaired) electrons. The van der Waals surface area contributed by atoms with Gasteiger partial charge in [0, 0.05) is 37.2 Å². The molecule has 3 atom stereocenters. The molecule has 1 saturated heterocycles. The fourth-order valence-corrected chi connectivity index (χ4v) is 5.29. The van der Waals surface area contributed by atoms with Crippen LogP contribution in [0.1, 0.15) is 30.2 Å². The van der Waals surface area contributed by atoms with Crippen LogP contribution in [0.3, 0.4) is 0 Å². The number of nitrogens with one attached hydrogen (secondary N) is 2. The van der Waals surface area contributed by atoms with Crippen molar-refractivity contribution in [3.63, 3.8) is 0 Å². The summed E-state index contributed by atoms with van der Waals surface area (Å²) in [5, 5.41) is 9.98. The SMILES string of the molecule is CC(=O)N[C@H]1[C@@H](C(=O)Nc2cccc(Br)n2)N(C(=O)Cn2nc(C(C)=O)c3cc(-c4cnc(C)nc4)ccc32)C[C@@H]1F. The van der Waals surface area contributed by atoms with Crippen molar-refractivity contribution in [2.45, 2.75) is 45.6 Å². The minimum atomic E-state index is -1.70. The van der Waals surface area contributed by atoms with E-state index in [4.69, 9.17) is 0 Å². The third-order valence-electron chi connectivity index (χ3n) is 6.85. The number of hydrogen-bond acceptors (Lipinski definition) is 8. The number of alkyl halides is 1. The van der Waals surface area contributed by atoms with Crippen molar-refractivity contribution in [2.24, 2.45) is 0 Å². The fraction of sp³-hybridized carbons (Fsp3) is 0.286. The molecule has 2 N–H and O–H groups in total. The van der Waals surface area contributed by atoms with E-state index in [2.05, 4.69) is 46.6 Å². The van der Waals surface area contributed by atoms with Crippen molar-refractivity contribution >= 4 is 56.2 Å². The first-order chi connectivity index (χ1) is 20.0. The third kappa shape index (κ3) is 5.88. The smallest absolute Gasteiger partial charge is 0.250 e. The number of rotatable bonds is 7. The summed E-state index contributed by atoms with van der Waals surface area (Å²) in [5.41, 5.74) is 2.15. The van der Waals surface area contributed by atoms with E-state index in [9.17, 15) is 19.2 Å². The molecule has 3 amide bonds. The van der Waals surface area contributed by atoms with Gasteiger partial charge in [-0.05, 0) is 52.7 Å². The molecule has 3 aromatic heterocycles. The minimum absolute atomic E-state index is 0.156. The number of aromatic nitrogens is 5. The quantitative estimate of drug-likeness (QED) is 0.232. The zero-order chi connectivity index (χ0) is 30.1. The van der Waals surface area contributed by atoms with Gasteiger partial charge in [0.05, 0.1) is 18.1 Å². The van der Waals surface area contributed by atoms with Crippen molar-refractivity contribution in [1.29, 1.82) is 0 Å². The normalized spacial score (nSPS) is 18.2. The zero-order valence-electron chi connectivity index (χ0n) is 22.8. The molecule has 4 heterocycles. The number of anilines is 1. The van der Waals surface area contributed by atoms with Crippen LogP contribution in [-0.2, 0) is 20.9 Å². The number of ketones is 1. The van der Waals surface area contributed by atoms with Crippen LogP contribution in [0, 0.1) is 6.92 Å². The number of pyridine rings is 1. The van der Waals surface area contributed by atoms with Gasteiger partial charge >= 0.3 is 0 Å². The van der Waals surface area contributed by atoms with Crippen LogP contribution < -0.4 is 10.6 Å². The highest BCUT2D eigenvalue weighted by Crippen LogP contribution is 2.28. The standard InChI is InChI=1S/C28H26BrFN8O4/c1-14(39)25-19-9-17(18-10-31-15(2)32-11-18)7-8-21(19)38(36-25)13-24(41)37-12-20(30)26(33-16(3)40)27(37)28(42)35-23-6-4-5-22(29)34-23/h4-11,20,26-27H,12-13H2,1-3H3,(H,33,40)(H,34,35,42)/t20-,26+,27-/m0/s1. The molecule has 0 aliphatic carbocycles. The number of benzene rings is 1. The van der Waals surface area contributed by atoms with E-state index in [1.54, 1.807) is 55.7 Å². The molecule has 0 bridgehead atoms. The summed E-state index contributed by atoms with van der Waals surface area (Å²) in [6, 6.07) is 7.52. The number of halogens is 2. The van der Waals surface area contributed by atoms with E-state index in [-0.39, 0.29) is 23.8 Å². The van der Waals surface area contributed by atoms with E-state index in [1.807, 2.05) is 0 Å². The molecule has 0 spiro atoms. The first-order valence-corrected chi connectivity index (χ1v) is 13.8. The van der Waals surface area contributed by atoms with Gasteiger partial charge in [-0.1, -0.05) is 12.1 Å². The predicted molar refractivity (Wildman–Crippen MR) is 154 cm³/mol. The number of likely N-dealkylation sites (tertiary alicyclic amines) is 1. The van der Waals surface area contributed by atoms with Crippen molar-refractivity contribution in [1.82, 2.24) is 34.9 Å². The van der Waals surface area contributed by atoms with Gasteiger partial charge in [0.1, 0.15) is 40.7 Å². The van der Waals surface area contributed by atoms with Gasteiger partial charge < -0.3 is 15.5 Å². The van der Waals surface area contributed by atoms with E-state index >= 15 is 4.39 Å². The van der Waals surface area contributed by atoms with Crippen molar-refractivity contribution in [3.05, 3.63) is 64.9 Å². The molecule has 216 valence electrons. The maximum Gasteiger partial charge on any atom is 0.250 e. The zero-order valence-corrected chi connectivity index (χ0v) is 24.4. The average molecular weight is 637 g/mol. The average Bonchev–Trinajstić information content (AvgIpc) is 3.46. The molecule has 42 heavy (non-hydrogen) atoms. The van der Waals surface area contributed by atoms with Crippen LogP contribution >= 0.6 is 15.9 Å². The number of amides is 3. The largest absolute Gasteiger partial charge is 0.348 e. The van der Waals surface area contributed by atoms with Gasteiger partial charge in [0.15, 0.2) is 5.78 Å². The van der Waals surface area contributed by atoms with E-state index in [0.717, 1.165) is 16.0 Å². The number of hydrogen-bond donors (Lipinski definition) is 2. The Balaban J connectivity index is 1.46. The molecule has 0 saturated carbocycles. The third-order valence-corrected chi connectivity index (χ3v) is 7.29. The second-order valence-electron chi connectivity index (χ2n) is 9.88. The molecule has 12 nitrogen and oxygen atoms in total. The Labute approximate surface area is 247 Å². The van der Waals surface area contributed by atoms with Crippen molar-refractivity contribution in [2.75, 3.05) is 11.9 Å². The molecule has 1 fully saturated rings. The minimum Gasteiger partial charge on any atom is -0.348 e. The van der Waals surface area contributed by atoms with Gasteiger partial charge in [-0.15, -0.1) is 0 Å². The van der Waals surface area contributed by atoms with E-state index in [0.29, 0.717) is 21.3 Å². The Hall–Kier alpha value is -4.59. The van der Waals surface area contributed by atoms with Crippen molar-refractivity contribution in [3.8, 4) is 11.1 Å². The summed E-state index contributed by atoms with van der Waals surface area (Å²) in [6.45, 7) is 3.55. The summed E-state index contributed by atoms with van der Waals surface area (Å²) >= 11 is 3.23. The fourth-order valence-electron chi connectivity index (χ4n) is 4.95. The van der Waals surface area contributed by atoms with Crippen LogP contribution in [0.25, 0.3) is 22.0 Å². The Kier molecular flexibility index (Phi) is 8.07. The van der Waals surface area contributed by atoms with E-state index in [1.165, 1.54) is 18.5 Å². The van der Waals surface area contributed by atoms with Crippen LogP contribution in [0.15, 0.2) is 53.4 Å². The number of nitrogens with zero attached hydrogens (tertiary/aromatic N) is 6. The maximum absolute atomic E-state index is 15.2. The topological polar surface area (TPSA) is 152 Å². The molecule has 0 unspecified atom stereocenters. The van der Waals surface area contributed by atoms with Crippen LogP contribution in [0.2, 0.25) is 0 Å². The Bertz CT molecular complexity index is 1710. The number of aryl methyl sites for hydroxylation is 1. The summed E-state index contributed by atoms with van der Waals surface area (Å²) in [5.74, 6) is -1.39. The molecule has 14 heteroatoms. The molecular formula is C28H26BrFN8O4. The number of Topliss-reactive ketones (excluding diaryl/α,β-unsaturated/α-hetero) is 1. The highest BCUT2D eigenvalue weighted by Gasteiger charge is 2.49. The monoisotopic (exact) mass is 636 g/mol. The van der Waals surface area contributed by atoms with Gasteiger partial charge in [0.2, 0.25) is 11.8 Å². The molecule has 1 aliphatic heterocycles. The summed E-state index contributed by atoms with van der Waals surface area (Å²) in [6.07, 6.45) is 1.64. The van der Waals surface area contributed by atoms with Crippen LogP contribution in [0.5, 0.6) is 0 Å². The Morgan fingerprint density at radius 2 is 1.81 bits per heavy atom. The molecule has 1 aromatic carbocycles. The Morgan fingerprint density at radius 3 is 2.48 bits per heavy atom.